The van der Waals surface area contributed by atoms with Crippen LogP contribution in [-0.2, 0) is 11.3 Å². The Kier molecular flexibility index (Phi) is 7.41. The Balaban J connectivity index is 1.42. The van der Waals surface area contributed by atoms with Crippen LogP contribution in [0.25, 0.3) is 16.6 Å². The van der Waals surface area contributed by atoms with Gasteiger partial charge >= 0.3 is 0 Å². The molecular formula is C27H32N6O2. The fraction of sp³-hybridized carbons (Fsp3) is 0.333. The average Bonchev–Trinajstić information content (AvgIpc) is 3.22. The number of nitrogens with zero attached hydrogens (tertiary/aromatic N) is 5. The van der Waals surface area contributed by atoms with Gasteiger partial charge in [-0.05, 0) is 58.5 Å². The summed E-state index contributed by atoms with van der Waals surface area (Å²) in [5.74, 6) is -0.233. The highest BCUT2D eigenvalue weighted by Gasteiger charge is 2.23. The average molecular weight is 473 g/mol. The number of aryl methyl sites for hydroxylation is 2. The maximum absolute atomic E-state index is 13.3. The van der Waals surface area contributed by atoms with E-state index in [1.54, 1.807) is 11.6 Å². The van der Waals surface area contributed by atoms with Crippen LogP contribution >= 0.6 is 0 Å². The van der Waals surface area contributed by atoms with E-state index in [9.17, 15) is 9.59 Å². The third kappa shape index (κ3) is 5.33. The van der Waals surface area contributed by atoms with Crippen LogP contribution in [0.4, 0.5) is 0 Å². The Morgan fingerprint density at radius 2 is 1.69 bits per heavy atom. The Labute approximate surface area is 205 Å². The quantitative estimate of drug-likeness (QED) is 0.378. The second-order valence-electron chi connectivity index (χ2n) is 8.94. The Morgan fingerprint density at radius 3 is 2.37 bits per heavy atom. The number of hydrogen-bond donors (Lipinski definition) is 1. The summed E-state index contributed by atoms with van der Waals surface area (Å²) in [4.78, 5) is 28.3. The highest BCUT2D eigenvalue weighted by molar-refractivity contribution is 5.84. The zero-order valence-corrected chi connectivity index (χ0v) is 20.7. The second kappa shape index (κ2) is 10.7. The summed E-state index contributed by atoms with van der Waals surface area (Å²) in [7, 11) is 2.06. The van der Waals surface area contributed by atoms with Crippen LogP contribution < -0.4 is 10.9 Å². The van der Waals surface area contributed by atoms with E-state index < -0.39 is 6.04 Å². The van der Waals surface area contributed by atoms with E-state index in [0.29, 0.717) is 17.8 Å². The van der Waals surface area contributed by atoms with Crippen LogP contribution in [0.5, 0.6) is 0 Å². The third-order valence-electron chi connectivity index (χ3n) is 6.20. The monoisotopic (exact) mass is 472 g/mol. The van der Waals surface area contributed by atoms with Crippen molar-refractivity contribution < 1.29 is 4.79 Å². The molecule has 1 amide bonds. The first-order chi connectivity index (χ1) is 16.9. The number of carbonyl (C=O) groups is 1. The number of para-hydroxylation sites is 1. The Morgan fingerprint density at radius 1 is 1.03 bits per heavy atom. The number of benzene rings is 2. The molecule has 2 heterocycles. The molecule has 0 spiro atoms. The molecule has 182 valence electrons. The molecule has 4 rings (SSSR count). The minimum atomic E-state index is -0.741. The number of amides is 1. The molecule has 8 heteroatoms. The number of nitrogens with one attached hydrogen (secondary N) is 1. The van der Waals surface area contributed by atoms with Crippen molar-refractivity contribution in [2.24, 2.45) is 0 Å². The van der Waals surface area contributed by atoms with Crippen LogP contribution in [0.2, 0.25) is 0 Å². The van der Waals surface area contributed by atoms with Crippen LogP contribution in [0.1, 0.15) is 36.3 Å². The second-order valence-corrected chi connectivity index (χ2v) is 8.94. The lowest BCUT2D eigenvalue weighted by Gasteiger charge is -2.18. The number of carbonyl (C=O) groups excluding carboxylic acids is 1. The van der Waals surface area contributed by atoms with Crippen molar-refractivity contribution in [3.05, 3.63) is 88.0 Å². The van der Waals surface area contributed by atoms with Gasteiger partial charge in [-0.3, -0.25) is 9.59 Å². The molecule has 35 heavy (non-hydrogen) atoms. The fourth-order valence-corrected chi connectivity index (χ4v) is 4.33. The minimum absolute atomic E-state index is 0.233. The SMILES string of the molecule is Cc1nn(C(C)C(=O)NCCCN(C)Cc2ccccc2)c(=O)c2nn(-c3ccccc3)c(C)c12. The molecule has 8 nitrogen and oxygen atoms in total. The molecule has 2 aromatic heterocycles. The van der Waals surface area contributed by atoms with Crippen molar-refractivity contribution in [1.82, 2.24) is 29.8 Å². The Bertz CT molecular complexity index is 1360. The summed E-state index contributed by atoms with van der Waals surface area (Å²) in [5, 5.41) is 12.7. The van der Waals surface area contributed by atoms with Crippen molar-refractivity contribution in [2.45, 2.75) is 39.8 Å². The molecule has 0 fully saturated rings. The minimum Gasteiger partial charge on any atom is -0.354 e. The normalized spacial score (nSPS) is 12.3. The van der Waals surface area contributed by atoms with Gasteiger partial charge in [-0.25, -0.2) is 9.36 Å². The molecule has 1 atom stereocenters. The predicted octanol–water partition coefficient (Wildman–Crippen LogP) is 3.40. The van der Waals surface area contributed by atoms with E-state index in [2.05, 4.69) is 39.6 Å². The summed E-state index contributed by atoms with van der Waals surface area (Å²) in [6, 6.07) is 19.2. The highest BCUT2D eigenvalue weighted by atomic mass is 16.2. The van der Waals surface area contributed by atoms with Gasteiger partial charge in [0, 0.05) is 13.1 Å². The first kappa shape index (κ1) is 24.3. The molecule has 0 aliphatic heterocycles. The molecule has 1 unspecified atom stereocenters. The van der Waals surface area contributed by atoms with Gasteiger partial charge in [-0.2, -0.15) is 10.2 Å². The molecule has 0 saturated carbocycles. The molecule has 0 radical (unpaired) electrons. The van der Waals surface area contributed by atoms with E-state index in [1.165, 1.54) is 10.2 Å². The lowest BCUT2D eigenvalue weighted by Crippen LogP contribution is -2.38. The van der Waals surface area contributed by atoms with Crippen molar-refractivity contribution in [2.75, 3.05) is 20.1 Å². The number of rotatable bonds is 9. The maximum Gasteiger partial charge on any atom is 0.295 e. The van der Waals surface area contributed by atoms with Crippen LogP contribution in [0, 0.1) is 13.8 Å². The first-order valence-corrected chi connectivity index (χ1v) is 11.9. The van der Waals surface area contributed by atoms with E-state index in [1.807, 2.05) is 62.4 Å². The van der Waals surface area contributed by atoms with Gasteiger partial charge in [0.2, 0.25) is 5.91 Å². The van der Waals surface area contributed by atoms with Crippen molar-refractivity contribution in [3.8, 4) is 5.69 Å². The van der Waals surface area contributed by atoms with Gasteiger partial charge < -0.3 is 10.2 Å². The topological polar surface area (TPSA) is 85.1 Å². The summed E-state index contributed by atoms with van der Waals surface area (Å²) >= 11 is 0. The maximum atomic E-state index is 13.3. The lowest BCUT2D eigenvalue weighted by molar-refractivity contribution is -0.124. The molecule has 0 aliphatic rings. The number of aromatic nitrogens is 4. The lowest BCUT2D eigenvalue weighted by atomic mass is 10.2. The van der Waals surface area contributed by atoms with E-state index in [-0.39, 0.29) is 11.5 Å². The van der Waals surface area contributed by atoms with E-state index in [0.717, 1.165) is 36.3 Å². The number of hydrogen-bond acceptors (Lipinski definition) is 5. The molecule has 0 aliphatic carbocycles. The molecule has 4 aromatic rings. The molecule has 0 bridgehead atoms. The predicted molar refractivity (Wildman–Crippen MR) is 138 cm³/mol. The van der Waals surface area contributed by atoms with Crippen molar-refractivity contribution in [1.29, 1.82) is 0 Å². The van der Waals surface area contributed by atoms with Crippen molar-refractivity contribution >= 4 is 16.8 Å². The van der Waals surface area contributed by atoms with E-state index >= 15 is 0 Å². The summed E-state index contributed by atoms with van der Waals surface area (Å²) in [6.45, 7) is 7.70. The highest BCUT2D eigenvalue weighted by Crippen LogP contribution is 2.21. The number of fused-ring (bicyclic) bond motifs is 1. The van der Waals surface area contributed by atoms with Crippen LogP contribution in [0.15, 0.2) is 65.5 Å². The summed E-state index contributed by atoms with van der Waals surface area (Å²) in [6.07, 6.45) is 0.808. The molecule has 2 aromatic carbocycles. The molecule has 0 saturated heterocycles. The van der Waals surface area contributed by atoms with Gasteiger partial charge in [0.05, 0.1) is 22.5 Å². The summed E-state index contributed by atoms with van der Waals surface area (Å²) in [5.41, 5.74) is 3.59. The van der Waals surface area contributed by atoms with Crippen LogP contribution in [-0.4, -0.2) is 50.5 Å². The Hall–Kier alpha value is -3.78. The summed E-state index contributed by atoms with van der Waals surface area (Å²) < 4.78 is 3.00. The smallest absolute Gasteiger partial charge is 0.295 e. The largest absolute Gasteiger partial charge is 0.354 e. The fourth-order valence-electron chi connectivity index (χ4n) is 4.33. The van der Waals surface area contributed by atoms with Gasteiger partial charge in [0.25, 0.3) is 5.56 Å². The standard InChI is InChI=1S/C27H32N6O2/c1-19-24-20(2)32(23-14-9-6-10-15-23)30-25(24)27(35)33(29-19)21(3)26(34)28-16-11-17-31(4)18-22-12-7-5-8-13-22/h5-10,12-15,21H,11,16-18H2,1-4H3,(H,28,34). The van der Waals surface area contributed by atoms with Gasteiger partial charge in [0.15, 0.2) is 5.52 Å². The molecule has 1 N–H and O–H groups in total. The zero-order chi connectivity index (χ0) is 24.9. The van der Waals surface area contributed by atoms with Crippen LogP contribution in [0.3, 0.4) is 0 Å². The first-order valence-electron chi connectivity index (χ1n) is 11.9. The van der Waals surface area contributed by atoms with Gasteiger partial charge in [-0.1, -0.05) is 48.5 Å². The van der Waals surface area contributed by atoms with E-state index in [4.69, 9.17) is 0 Å². The molecular weight excluding hydrogens is 440 g/mol. The van der Waals surface area contributed by atoms with Gasteiger partial charge in [0.1, 0.15) is 6.04 Å². The van der Waals surface area contributed by atoms with Gasteiger partial charge in [-0.15, -0.1) is 0 Å². The zero-order valence-electron chi connectivity index (χ0n) is 20.7. The van der Waals surface area contributed by atoms with Crippen molar-refractivity contribution in [3.63, 3.8) is 0 Å². The third-order valence-corrected chi connectivity index (χ3v) is 6.20.